The molecule has 0 aliphatic carbocycles. The van der Waals surface area contributed by atoms with Crippen LogP contribution in [0.5, 0.6) is 5.19 Å². The topological polar surface area (TPSA) is 54.5 Å². The number of aryl methyl sites for hydroxylation is 1. The molecular formula is C17H21N3O2S. The van der Waals surface area contributed by atoms with Crippen LogP contribution in [0.3, 0.4) is 0 Å². The Morgan fingerprint density at radius 3 is 3.04 bits per heavy atom. The van der Waals surface area contributed by atoms with Gasteiger partial charge in [0.2, 0.25) is 0 Å². The quantitative estimate of drug-likeness (QED) is 0.828. The number of nitrogens with one attached hydrogen (secondary N) is 1. The standard InChI is InChI=1S/C17H21N3O2S/c21-16(18-9-4-7-14-5-2-1-3-6-14)20-11-8-15(13-20)22-17-19-10-12-23-17/h1-3,5-6,10,12,15H,4,7-9,11,13H2,(H,18,21). The number of carbonyl (C=O) groups excluding carboxylic acids is 1. The number of urea groups is 1. The highest BCUT2D eigenvalue weighted by Crippen LogP contribution is 2.20. The fourth-order valence-corrected chi connectivity index (χ4v) is 3.22. The molecule has 1 aliphatic rings. The molecule has 1 atom stereocenters. The fourth-order valence-electron chi connectivity index (χ4n) is 2.66. The van der Waals surface area contributed by atoms with Crippen LogP contribution in [0.4, 0.5) is 4.79 Å². The molecule has 0 saturated carbocycles. The van der Waals surface area contributed by atoms with Gasteiger partial charge in [0.1, 0.15) is 6.10 Å². The first kappa shape index (κ1) is 15.8. The molecule has 1 saturated heterocycles. The summed E-state index contributed by atoms with van der Waals surface area (Å²) in [7, 11) is 0. The number of hydrogen-bond donors (Lipinski definition) is 1. The van der Waals surface area contributed by atoms with Crippen molar-refractivity contribution in [2.45, 2.75) is 25.4 Å². The molecule has 2 aromatic rings. The second kappa shape index (κ2) is 7.97. The van der Waals surface area contributed by atoms with Gasteiger partial charge in [0.15, 0.2) is 0 Å². The summed E-state index contributed by atoms with van der Waals surface area (Å²) in [6.45, 7) is 2.06. The number of likely N-dealkylation sites (tertiary alicyclic amines) is 1. The molecule has 1 aromatic carbocycles. The Balaban J connectivity index is 1.34. The van der Waals surface area contributed by atoms with Gasteiger partial charge >= 0.3 is 6.03 Å². The van der Waals surface area contributed by atoms with Gasteiger partial charge in [-0.15, -0.1) is 0 Å². The van der Waals surface area contributed by atoms with Crippen LogP contribution in [-0.2, 0) is 6.42 Å². The van der Waals surface area contributed by atoms with E-state index in [1.54, 1.807) is 6.20 Å². The Morgan fingerprint density at radius 1 is 1.39 bits per heavy atom. The lowest BCUT2D eigenvalue weighted by atomic mass is 10.1. The number of nitrogens with zero attached hydrogens (tertiary/aromatic N) is 2. The average molecular weight is 331 g/mol. The van der Waals surface area contributed by atoms with Gasteiger partial charge in [-0.25, -0.2) is 9.78 Å². The molecule has 1 aromatic heterocycles. The smallest absolute Gasteiger partial charge is 0.317 e. The van der Waals surface area contributed by atoms with E-state index >= 15 is 0 Å². The Morgan fingerprint density at radius 2 is 2.26 bits per heavy atom. The molecule has 1 fully saturated rings. The minimum Gasteiger partial charge on any atom is -0.465 e. The van der Waals surface area contributed by atoms with Crippen LogP contribution < -0.4 is 10.1 Å². The Hall–Kier alpha value is -2.08. The summed E-state index contributed by atoms with van der Waals surface area (Å²) in [6.07, 6.45) is 4.57. The summed E-state index contributed by atoms with van der Waals surface area (Å²) in [5.74, 6) is 0. The number of aromatic nitrogens is 1. The minimum atomic E-state index is 0.00306. The summed E-state index contributed by atoms with van der Waals surface area (Å²) in [5.41, 5.74) is 1.31. The normalized spacial score (nSPS) is 17.2. The number of ether oxygens (including phenoxy) is 1. The van der Waals surface area contributed by atoms with Gasteiger partial charge in [-0.3, -0.25) is 0 Å². The molecule has 23 heavy (non-hydrogen) atoms. The first-order valence-electron chi connectivity index (χ1n) is 7.94. The second-order valence-corrected chi connectivity index (χ2v) is 6.45. The van der Waals surface area contributed by atoms with E-state index in [-0.39, 0.29) is 12.1 Å². The monoisotopic (exact) mass is 331 g/mol. The van der Waals surface area contributed by atoms with Gasteiger partial charge < -0.3 is 15.0 Å². The SMILES string of the molecule is O=C(NCCCc1ccccc1)N1CCC(Oc2nccs2)C1. The van der Waals surface area contributed by atoms with Crippen LogP contribution in [0.2, 0.25) is 0 Å². The van der Waals surface area contributed by atoms with Crippen LogP contribution in [0.1, 0.15) is 18.4 Å². The lowest BCUT2D eigenvalue weighted by Gasteiger charge is -2.17. The Bertz CT molecular complexity index is 604. The summed E-state index contributed by atoms with van der Waals surface area (Å²) in [6, 6.07) is 10.3. The van der Waals surface area contributed by atoms with Gasteiger partial charge in [-0.05, 0) is 18.4 Å². The van der Waals surface area contributed by atoms with Crippen molar-refractivity contribution in [3.8, 4) is 5.19 Å². The van der Waals surface area contributed by atoms with E-state index in [4.69, 9.17) is 4.74 Å². The third-order valence-electron chi connectivity index (χ3n) is 3.87. The van der Waals surface area contributed by atoms with E-state index in [9.17, 15) is 4.79 Å². The number of rotatable bonds is 6. The van der Waals surface area contributed by atoms with Crippen LogP contribution >= 0.6 is 11.3 Å². The molecule has 0 bridgehead atoms. The van der Waals surface area contributed by atoms with E-state index in [1.165, 1.54) is 16.9 Å². The summed E-state index contributed by atoms with van der Waals surface area (Å²) in [5, 5.41) is 5.56. The predicted molar refractivity (Wildman–Crippen MR) is 90.9 cm³/mol. The highest BCUT2D eigenvalue weighted by atomic mass is 32.1. The van der Waals surface area contributed by atoms with Crippen LogP contribution in [0, 0.1) is 0 Å². The van der Waals surface area contributed by atoms with Crippen LogP contribution in [-0.4, -0.2) is 41.7 Å². The molecule has 3 rings (SSSR count). The predicted octanol–water partition coefficient (Wildman–Crippen LogP) is 2.94. The minimum absolute atomic E-state index is 0.00306. The summed E-state index contributed by atoms with van der Waals surface area (Å²) < 4.78 is 5.76. The Kier molecular flexibility index (Phi) is 5.47. The lowest BCUT2D eigenvalue weighted by molar-refractivity contribution is 0.186. The summed E-state index contributed by atoms with van der Waals surface area (Å²) >= 11 is 1.48. The van der Waals surface area contributed by atoms with E-state index in [2.05, 4.69) is 22.4 Å². The first-order chi connectivity index (χ1) is 11.3. The third-order valence-corrected chi connectivity index (χ3v) is 4.53. The van der Waals surface area contributed by atoms with Crippen molar-refractivity contribution in [3.05, 3.63) is 47.5 Å². The third kappa shape index (κ3) is 4.69. The number of hydrogen-bond acceptors (Lipinski definition) is 4. The fraction of sp³-hybridized carbons (Fsp3) is 0.412. The highest BCUT2D eigenvalue weighted by Gasteiger charge is 2.27. The molecule has 5 nitrogen and oxygen atoms in total. The molecular weight excluding hydrogens is 310 g/mol. The van der Waals surface area contributed by atoms with Gasteiger partial charge in [-0.2, -0.15) is 0 Å². The molecule has 1 N–H and O–H groups in total. The van der Waals surface area contributed by atoms with Crippen molar-refractivity contribution in [1.29, 1.82) is 0 Å². The van der Waals surface area contributed by atoms with Gasteiger partial charge in [-0.1, -0.05) is 41.7 Å². The molecule has 122 valence electrons. The van der Waals surface area contributed by atoms with E-state index in [0.717, 1.165) is 25.8 Å². The van der Waals surface area contributed by atoms with E-state index in [0.29, 0.717) is 18.3 Å². The second-order valence-electron chi connectivity index (χ2n) is 5.59. The van der Waals surface area contributed by atoms with Gasteiger partial charge in [0.25, 0.3) is 5.19 Å². The maximum atomic E-state index is 12.2. The maximum Gasteiger partial charge on any atom is 0.317 e. The van der Waals surface area contributed by atoms with Crippen molar-refractivity contribution in [1.82, 2.24) is 15.2 Å². The lowest BCUT2D eigenvalue weighted by Crippen LogP contribution is -2.39. The molecule has 6 heteroatoms. The van der Waals surface area contributed by atoms with Crippen molar-refractivity contribution in [2.24, 2.45) is 0 Å². The number of thiazole rings is 1. The summed E-state index contributed by atoms with van der Waals surface area (Å²) in [4.78, 5) is 18.1. The molecule has 2 amide bonds. The number of carbonyl (C=O) groups is 1. The first-order valence-corrected chi connectivity index (χ1v) is 8.82. The van der Waals surface area contributed by atoms with Crippen molar-refractivity contribution >= 4 is 17.4 Å². The molecule has 1 unspecified atom stereocenters. The van der Waals surface area contributed by atoms with E-state index < -0.39 is 0 Å². The molecule has 0 radical (unpaired) electrons. The van der Waals surface area contributed by atoms with Crippen molar-refractivity contribution in [2.75, 3.05) is 19.6 Å². The number of benzene rings is 1. The van der Waals surface area contributed by atoms with Crippen LogP contribution in [0.25, 0.3) is 0 Å². The van der Waals surface area contributed by atoms with Crippen molar-refractivity contribution < 1.29 is 9.53 Å². The molecule has 1 aliphatic heterocycles. The average Bonchev–Trinajstić information content (AvgIpc) is 3.25. The largest absolute Gasteiger partial charge is 0.465 e. The van der Waals surface area contributed by atoms with Gasteiger partial charge in [0.05, 0.1) is 6.54 Å². The van der Waals surface area contributed by atoms with Crippen LogP contribution in [0.15, 0.2) is 41.9 Å². The zero-order chi connectivity index (χ0) is 15.9. The zero-order valence-electron chi connectivity index (χ0n) is 13.0. The van der Waals surface area contributed by atoms with Crippen molar-refractivity contribution in [3.63, 3.8) is 0 Å². The molecule has 0 spiro atoms. The Labute approximate surface area is 140 Å². The highest BCUT2D eigenvalue weighted by molar-refractivity contribution is 7.11. The number of amides is 2. The van der Waals surface area contributed by atoms with Gasteiger partial charge in [0, 0.05) is 31.1 Å². The maximum absolute atomic E-state index is 12.2. The van der Waals surface area contributed by atoms with E-state index in [1.807, 2.05) is 28.5 Å². The molecule has 2 heterocycles. The zero-order valence-corrected chi connectivity index (χ0v) is 13.8.